The van der Waals surface area contributed by atoms with Crippen molar-refractivity contribution >= 4 is 40.3 Å². The molecule has 29 heavy (non-hydrogen) atoms. The van der Waals surface area contributed by atoms with E-state index in [0.29, 0.717) is 31.7 Å². The van der Waals surface area contributed by atoms with Crippen LogP contribution in [0.1, 0.15) is 38.2 Å². The zero-order valence-corrected chi connectivity index (χ0v) is 17.4. The summed E-state index contributed by atoms with van der Waals surface area (Å²) in [4.78, 5) is 51.1. The molecule has 2 amide bonds. The number of rotatable bonds is 8. The number of carbonyl (C=O) groups is 4. The number of ketones is 1. The molecule has 3 rings (SSSR count). The van der Waals surface area contributed by atoms with E-state index in [1.54, 1.807) is 0 Å². The molecule has 2 heterocycles. The Balaban J connectivity index is 1.53. The van der Waals surface area contributed by atoms with Crippen molar-refractivity contribution < 1.29 is 23.9 Å². The molecule has 1 atom stereocenters. The second-order valence-electron chi connectivity index (χ2n) is 7.27. The second-order valence-corrected chi connectivity index (χ2v) is 8.42. The van der Waals surface area contributed by atoms with Crippen LogP contribution in [-0.2, 0) is 25.5 Å². The lowest BCUT2D eigenvalue weighted by Crippen LogP contribution is -2.37. The first kappa shape index (κ1) is 21.4. The lowest BCUT2D eigenvalue weighted by molar-refractivity contribution is -0.147. The number of thioether (sulfide) groups is 1. The number of unbranched alkanes of at least 4 members (excludes halogenated alkanes) is 1. The number of esters is 1. The van der Waals surface area contributed by atoms with E-state index in [0.717, 1.165) is 53.8 Å². The van der Waals surface area contributed by atoms with Gasteiger partial charge in [-0.3, -0.25) is 24.1 Å². The Bertz CT molecular complexity index is 770. The van der Waals surface area contributed by atoms with Gasteiger partial charge in [-0.05, 0) is 30.5 Å². The third kappa shape index (κ3) is 5.59. The number of carbonyl (C=O) groups excluding carboxylic acids is 4. The molecule has 7 nitrogen and oxygen atoms in total. The number of Topliss-reactive ketones (excluding diaryl/α,β-unsaturated/α-hetero) is 1. The van der Waals surface area contributed by atoms with Crippen LogP contribution in [0.15, 0.2) is 24.3 Å². The fourth-order valence-corrected chi connectivity index (χ4v) is 4.38. The van der Waals surface area contributed by atoms with Gasteiger partial charge in [0, 0.05) is 31.6 Å². The molecule has 0 aromatic heterocycles. The van der Waals surface area contributed by atoms with Crippen LogP contribution in [-0.4, -0.2) is 59.3 Å². The normalized spacial score (nSPS) is 19.8. The van der Waals surface area contributed by atoms with E-state index in [4.69, 9.17) is 4.74 Å². The minimum Gasteiger partial charge on any atom is -0.464 e. The zero-order chi connectivity index (χ0) is 20.8. The number of benzene rings is 1. The van der Waals surface area contributed by atoms with Crippen molar-refractivity contribution in [2.75, 3.05) is 31.1 Å². The summed E-state index contributed by atoms with van der Waals surface area (Å²) < 4.78 is 5.05. The molecule has 1 aromatic carbocycles. The highest BCUT2D eigenvalue weighted by molar-refractivity contribution is 8.15. The van der Waals surface area contributed by atoms with Crippen LogP contribution in [0.25, 0.3) is 0 Å². The molecule has 2 fully saturated rings. The van der Waals surface area contributed by atoms with Crippen molar-refractivity contribution in [2.45, 2.75) is 44.3 Å². The molecule has 0 N–H and O–H groups in total. The molecular weight excluding hydrogens is 392 g/mol. The van der Waals surface area contributed by atoms with Crippen LogP contribution < -0.4 is 4.90 Å². The van der Waals surface area contributed by atoms with E-state index < -0.39 is 16.5 Å². The van der Waals surface area contributed by atoms with Gasteiger partial charge < -0.3 is 9.64 Å². The van der Waals surface area contributed by atoms with Gasteiger partial charge in [0.1, 0.15) is 12.3 Å². The molecule has 156 valence electrons. The van der Waals surface area contributed by atoms with E-state index >= 15 is 0 Å². The summed E-state index contributed by atoms with van der Waals surface area (Å²) in [6.07, 6.45) is 3.24. The Morgan fingerprint density at radius 3 is 2.48 bits per heavy atom. The standard InChI is InChI=1S/C21H26N2O5S/c1-2-3-12-28-19(25)14-23-20(26)18(29-21(23)27)13-15-4-6-16(7-5-15)22-10-8-17(24)9-11-22/h4-7,18H,2-3,8-14H2,1H3. The molecule has 0 radical (unpaired) electrons. The molecule has 2 aliphatic rings. The van der Waals surface area contributed by atoms with Crippen molar-refractivity contribution in [1.29, 1.82) is 0 Å². The zero-order valence-electron chi connectivity index (χ0n) is 16.6. The Labute approximate surface area is 174 Å². The van der Waals surface area contributed by atoms with E-state index in [-0.39, 0.29) is 12.5 Å². The predicted molar refractivity (Wildman–Crippen MR) is 111 cm³/mol. The van der Waals surface area contributed by atoms with Crippen molar-refractivity contribution in [3.8, 4) is 0 Å². The second kappa shape index (κ2) is 9.91. The van der Waals surface area contributed by atoms with E-state index in [9.17, 15) is 19.2 Å². The molecule has 1 unspecified atom stereocenters. The van der Waals surface area contributed by atoms with Crippen molar-refractivity contribution in [3.63, 3.8) is 0 Å². The third-order valence-electron chi connectivity index (χ3n) is 5.10. The monoisotopic (exact) mass is 418 g/mol. The first-order valence-corrected chi connectivity index (χ1v) is 10.9. The molecule has 8 heteroatoms. The number of hydrogen-bond acceptors (Lipinski definition) is 7. The average Bonchev–Trinajstić information content (AvgIpc) is 2.97. The largest absolute Gasteiger partial charge is 0.464 e. The number of amides is 2. The molecular formula is C21H26N2O5S. The first-order valence-electron chi connectivity index (χ1n) is 10.0. The van der Waals surface area contributed by atoms with Gasteiger partial charge in [-0.15, -0.1) is 0 Å². The number of anilines is 1. The van der Waals surface area contributed by atoms with Crippen LogP contribution in [0.2, 0.25) is 0 Å². The van der Waals surface area contributed by atoms with Crippen molar-refractivity contribution in [2.24, 2.45) is 0 Å². The average molecular weight is 419 g/mol. The maximum Gasteiger partial charge on any atom is 0.326 e. The lowest BCUT2D eigenvalue weighted by atomic mass is 10.1. The fourth-order valence-electron chi connectivity index (χ4n) is 3.35. The van der Waals surface area contributed by atoms with Crippen LogP contribution in [0.4, 0.5) is 10.5 Å². The molecule has 2 aliphatic heterocycles. The topological polar surface area (TPSA) is 84.0 Å². The number of hydrogen-bond donors (Lipinski definition) is 0. The summed E-state index contributed by atoms with van der Waals surface area (Å²) in [7, 11) is 0. The molecule has 1 aromatic rings. The highest BCUT2D eigenvalue weighted by Gasteiger charge is 2.40. The summed E-state index contributed by atoms with van der Waals surface area (Å²) in [5.74, 6) is -0.588. The van der Waals surface area contributed by atoms with Gasteiger partial charge in [-0.25, -0.2) is 0 Å². The Hall–Kier alpha value is -2.35. The van der Waals surface area contributed by atoms with E-state index in [1.807, 2.05) is 31.2 Å². The highest BCUT2D eigenvalue weighted by Crippen LogP contribution is 2.30. The van der Waals surface area contributed by atoms with Crippen molar-refractivity contribution in [3.05, 3.63) is 29.8 Å². The summed E-state index contributed by atoms with van der Waals surface area (Å²) in [5.41, 5.74) is 2.01. The fraction of sp³-hybridized carbons (Fsp3) is 0.524. The van der Waals surface area contributed by atoms with E-state index in [1.165, 1.54) is 0 Å². The van der Waals surface area contributed by atoms with E-state index in [2.05, 4.69) is 4.90 Å². The van der Waals surface area contributed by atoms with Crippen LogP contribution >= 0.6 is 11.8 Å². The third-order valence-corrected chi connectivity index (χ3v) is 6.17. The number of imide groups is 1. The molecule has 0 saturated carbocycles. The van der Waals surface area contributed by atoms with Crippen LogP contribution in [0.5, 0.6) is 0 Å². The Morgan fingerprint density at radius 1 is 1.14 bits per heavy atom. The maximum absolute atomic E-state index is 12.6. The number of ether oxygens (including phenoxy) is 1. The van der Waals surface area contributed by atoms with Gasteiger partial charge in [-0.2, -0.15) is 0 Å². The minimum absolute atomic E-state index is 0.304. The molecule has 0 aliphatic carbocycles. The molecule has 0 spiro atoms. The predicted octanol–water partition coefficient (Wildman–Crippen LogP) is 2.81. The Kier molecular flexibility index (Phi) is 7.30. The van der Waals surface area contributed by atoms with Crippen molar-refractivity contribution in [1.82, 2.24) is 4.90 Å². The summed E-state index contributed by atoms with van der Waals surface area (Å²) in [6, 6.07) is 7.87. The molecule has 0 bridgehead atoms. The van der Waals surface area contributed by atoms with Crippen LogP contribution in [0, 0.1) is 0 Å². The maximum atomic E-state index is 12.6. The minimum atomic E-state index is -0.550. The summed E-state index contributed by atoms with van der Waals surface area (Å²) >= 11 is 0.961. The van der Waals surface area contributed by atoms with Crippen LogP contribution in [0.3, 0.4) is 0 Å². The van der Waals surface area contributed by atoms with Gasteiger partial charge in [0.05, 0.1) is 11.9 Å². The van der Waals surface area contributed by atoms with Gasteiger partial charge in [-0.1, -0.05) is 37.2 Å². The SMILES string of the molecule is CCCCOC(=O)CN1C(=O)SC(Cc2ccc(N3CCC(=O)CC3)cc2)C1=O. The summed E-state index contributed by atoms with van der Waals surface area (Å²) in [5, 5.41) is -0.925. The van der Waals surface area contributed by atoms with Gasteiger partial charge >= 0.3 is 5.97 Å². The summed E-state index contributed by atoms with van der Waals surface area (Å²) in [6.45, 7) is 3.43. The smallest absolute Gasteiger partial charge is 0.326 e. The number of nitrogens with zero attached hydrogens (tertiary/aromatic N) is 2. The van der Waals surface area contributed by atoms with Gasteiger partial charge in [0.15, 0.2) is 0 Å². The van der Waals surface area contributed by atoms with Gasteiger partial charge in [0.2, 0.25) is 5.91 Å². The quantitative estimate of drug-likeness (QED) is 0.474. The Morgan fingerprint density at radius 2 is 1.83 bits per heavy atom. The highest BCUT2D eigenvalue weighted by atomic mass is 32.2. The van der Waals surface area contributed by atoms with Gasteiger partial charge in [0.25, 0.3) is 5.24 Å². The molecule has 2 saturated heterocycles. The lowest BCUT2D eigenvalue weighted by Gasteiger charge is -2.28. The first-order chi connectivity index (χ1) is 14.0. The number of piperidine rings is 1.